The number of nitrogens with zero attached hydrogens (tertiary/aromatic N) is 2. The molecule has 0 fully saturated rings. The molecule has 1 aliphatic heterocycles. The summed E-state index contributed by atoms with van der Waals surface area (Å²) in [4.78, 5) is 14.1. The van der Waals surface area contributed by atoms with Crippen LogP contribution in [0.4, 0.5) is 0 Å². The molecular weight excluding hydrogens is 212 g/mol. The molecule has 0 aromatic rings. The van der Waals surface area contributed by atoms with Crippen molar-refractivity contribution < 1.29 is 4.79 Å². The van der Waals surface area contributed by atoms with Gasteiger partial charge in [-0.15, -0.1) is 0 Å². The number of Topliss-reactive ketones (excluding diaryl/α,β-unsaturated/α-hetero) is 1. The van der Waals surface area contributed by atoms with Crippen LogP contribution in [-0.4, -0.2) is 17.7 Å². The fourth-order valence-corrected chi connectivity index (χ4v) is 2.80. The maximum absolute atomic E-state index is 12.1. The van der Waals surface area contributed by atoms with E-state index in [9.17, 15) is 4.79 Å². The molecule has 0 amide bonds. The van der Waals surface area contributed by atoms with Gasteiger partial charge in [-0.05, 0) is 18.8 Å². The quantitative estimate of drug-likeness (QED) is 0.732. The Hall–Kier alpha value is -1.56. The highest BCUT2D eigenvalue weighted by atomic mass is 16.1. The Labute approximate surface area is 102 Å². The van der Waals surface area contributed by atoms with Gasteiger partial charge in [0, 0.05) is 37.4 Å². The molecule has 2 rings (SSSR count). The van der Waals surface area contributed by atoms with Gasteiger partial charge >= 0.3 is 0 Å². The molecule has 1 aliphatic carbocycles. The van der Waals surface area contributed by atoms with Crippen molar-refractivity contribution in [3.8, 4) is 6.07 Å². The minimum atomic E-state index is 0.248. The molecule has 90 valence electrons. The normalized spacial score (nSPS) is 24.3. The number of nitriles is 1. The Morgan fingerprint density at radius 2 is 2.29 bits per heavy atom. The van der Waals surface area contributed by atoms with Gasteiger partial charge in [0.2, 0.25) is 0 Å². The molecule has 2 aliphatic rings. The predicted octanol–water partition coefficient (Wildman–Crippen LogP) is 2.76. The molecule has 17 heavy (non-hydrogen) atoms. The molecule has 0 saturated heterocycles. The average molecular weight is 230 g/mol. The van der Waals surface area contributed by atoms with Crippen molar-refractivity contribution in [2.75, 3.05) is 7.05 Å². The summed E-state index contributed by atoms with van der Waals surface area (Å²) < 4.78 is 0. The van der Waals surface area contributed by atoms with E-state index >= 15 is 0 Å². The Bertz CT molecular complexity index is 440. The summed E-state index contributed by atoms with van der Waals surface area (Å²) >= 11 is 0. The maximum atomic E-state index is 12.1. The van der Waals surface area contributed by atoms with Crippen LogP contribution in [-0.2, 0) is 4.79 Å². The van der Waals surface area contributed by atoms with E-state index in [0.717, 1.165) is 30.5 Å². The summed E-state index contributed by atoms with van der Waals surface area (Å²) in [5.74, 6) is 0.739. The Morgan fingerprint density at radius 1 is 1.53 bits per heavy atom. The molecule has 1 atom stereocenters. The minimum Gasteiger partial charge on any atom is -0.353 e. The van der Waals surface area contributed by atoms with E-state index in [1.165, 1.54) is 0 Å². The van der Waals surface area contributed by atoms with Crippen LogP contribution < -0.4 is 0 Å². The lowest BCUT2D eigenvalue weighted by Gasteiger charge is -2.33. The molecule has 0 bridgehead atoms. The molecule has 3 heteroatoms. The Balaban J connectivity index is 2.24. The summed E-state index contributed by atoms with van der Waals surface area (Å²) in [6.07, 6.45) is 6.29. The standard InChI is InChI=1S/C14H18N2O/c1-3-4-10-6-13-12(14(17)7-10)5-11(8-15)9-16(13)2/h9-10H,3-7H2,1-2H3. The second-order valence-electron chi connectivity index (χ2n) is 4.97. The maximum Gasteiger partial charge on any atom is 0.161 e. The van der Waals surface area contributed by atoms with Gasteiger partial charge in [-0.3, -0.25) is 4.79 Å². The van der Waals surface area contributed by atoms with Gasteiger partial charge in [0.15, 0.2) is 5.78 Å². The van der Waals surface area contributed by atoms with Crippen LogP contribution in [0.2, 0.25) is 0 Å². The third-order valence-corrected chi connectivity index (χ3v) is 3.62. The second-order valence-corrected chi connectivity index (χ2v) is 4.97. The first kappa shape index (κ1) is 11.9. The molecule has 1 heterocycles. The second kappa shape index (κ2) is 4.75. The summed E-state index contributed by atoms with van der Waals surface area (Å²) in [6, 6.07) is 2.16. The highest BCUT2D eigenvalue weighted by Gasteiger charge is 2.31. The van der Waals surface area contributed by atoms with Crippen LogP contribution in [0.25, 0.3) is 0 Å². The summed E-state index contributed by atoms with van der Waals surface area (Å²) in [7, 11) is 1.94. The Morgan fingerprint density at radius 3 is 2.94 bits per heavy atom. The lowest BCUT2D eigenvalue weighted by atomic mass is 9.80. The van der Waals surface area contributed by atoms with Crippen molar-refractivity contribution in [3.05, 3.63) is 23.0 Å². The zero-order chi connectivity index (χ0) is 12.4. The van der Waals surface area contributed by atoms with Crippen LogP contribution >= 0.6 is 0 Å². The van der Waals surface area contributed by atoms with Crippen LogP contribution in [0, 0.1) is 17.2 Å². The van der Waals surface area contributed by atoms with Crippen LogP contribution in [0.5, 0.6) is 0 Å². The number of carbonyl (C=O) groups is 1. The van der Waals surface area contributed by atoms with E-state index in [1.54, 1.807) is 0 Å². The largest absolute Gasteiger partial charge is 0.353 e. The zero-order valence-electron chi connectivity index (χ0n) is 10.5. The van der Waals surface area contributed by atoms with Gasteiger partial charge in [0.1, 0.15) is 0 Å². The fourth-order valence-electron chi connectivity index (χ4n) is 2.80. The van der Waals surface area contributed by atoms with Crippen molar-refractivity contribution >= 4 is 5.78 Å². The van der Waals surface area contributed by atoms with E-state index in [4.69, 9.17) is 5.26 Å². The van der Waals surface area contributed by atoms with E-state index in [-0.39, 0.29) is 5.78 Å². The number of allylic oxidation sites excluding steroid dienone is 3. The monoisotopic (exact) mass is 230 g/mol. The zero-order valence-corrected chi connectivity index (χ0v) is 10.5. The number of hydrogen-bond donors (Lipinski definition) is 0. The van der Waals surface area contributed by atoms with Gasteiger partial charge in [-0.2, -0.15) is 5.26 Å². The highest BCUT2D eigenvalue weighted by Crippen LogP contribution is 2.36. The molecule has 0 aromatic heterocycles. The minimum absolute atomic E-state index is 0.248. The van der Waals surface area contributed by atoms with Crippen molar-refractivity contribution in [3.63, 3.8) is 0 Å². The lowest BCUT2D eigenvalue weighted by Crippen LogP contribution is -2.29. The van der Waals surface area contributed by atoms with E-state index in [2.05, 4.69) is 13.0 Å². The SMILES string of the molecule is CCCC1CC(=O)C2=C(C1)N(C)C=C(C#N)C2. The first-order valence-electron chi connectivity index (χ1n) is 6.24. The first-order chi connectivity index (χ1) is 8.15. The summed E-state index contributed by atoms with van der Waals surface area (Å²) in [5.41, 5.74) is 2.70. The van der Waals surface area contributed by atoms with Gasteiger partial charge in [-0.1, -0.05) is 13.3 Å². The third kappa shape index (κ3) is 2.26. The van der Waals surface area contributed by atoms with E-state index in [1.807, 2.05) is 18.1 Å². The van der Waals surface area contributed by atoms with Crippen LogP contribution in [0.3, 0.4) is 0 Å². The van der Waals surface area contributed by atoms with Gasteiger partial charge in [0.05, 0.1) is 11.6 Å². The first-order valence-corrected chi connectivity index (χ1v) is 6.24. The van der Waals surface area contributed by atoms with Gasteiger partial charge < -0.3 is 4.90 Å². The Kier molecular flexibility index (Phi) is 3.33. The smallest absolute Gasteiger partial charge is 0.161 e. The van der Waals surface area contributed by atoms with Crippen LogP contribution in [0.1, 0.15) is 39.0 Å². The average Bonchev–Trinajstić information content (AvgIpc) is 2.30. The van der Waals surface area contributed by atoms with E-state index < -0.39 is 0 Å². The van der Waals surface area contributed by atoms with Gasteiger partial charge in [-0.25, -0.2) is 0 Å². The number of ketones is 1. The van der Waals surface area contributed by atoms with E-state index in [0.29, 0.717) is 24.3 Å². The van der Waals surface area contributed by atoms with Crippen molar-refractivity contribution in [2.24, 2.45) is 5.92 Å². The number of carbonyl (C=O) groups excluding carboxylic acids is 1. The molecule has 1 unspecified atom stereocenters. The summed E-state index contributed by atoms with van der Waals surface area (Å²) in [6.45, 7) is 2.16. The van der Waals surface area contributed by atoms with Crippen LogP contribution in [0.15, 0.2) is 23.0 Å². The molecule has 0 saturated carbocycles. The van der Waals surface area contributed by atoms with Crippen molar-refractivity contribution in [2.45, 2.75) is 39.0 Å². The summed E-state index contributed by atoms with van der Waals surface area (Å²) in [5, 5.41) is 8.94. The molecule has 3 nitrogen and oxygen atoms in total. The fraction of sp³-hybridized carbons (Fsp3) is 0.571. The molecule has 0 radical (unpaired) electrons. The lowest BCUT2D eigenvalue weighted by molar-refractivity contribution is -0.117. The molecular formula is C14H18N2O. The number of hydrogen-bond acceptors (Lipinski definition) is 3. The third-order valence-electron chi connectivity index (χ3n) is 3.62. The van der Waals surface area contributed by atoms with Crippen molar-refractivity contribution in [1.82, 2.24) is 4.90 Å². The highest BCUT2D eigenvalue weighted by molar-refractivity contribution is 5.97. The van der Waals surface area contributed by atoms with Gasteiger partial charge in [0.25, 0.3) is 0 Å². The topological polar surface area (TPSA) is 44.1 Å². The molecule has 0 aromatic carbocycles. The predicted molar refractivity (Wildman–Crippen MR) is 65.7 cm³/mol. The molecule has 0 N–H and O–H groups in total. The number of rotatable bonds is 2. The van der Waals surface area contributed by atoms with Crippen molar-refractivity contribution in [1.29, 1.82) is 5.26 Å². The molecule has 0 spiro atoms.